The molecule has 0 saturated heterocycles. The number of hydrogen-bond acceptors (Lipinski definition) is 41. The monoisotopic (exact) mass is 1990 g/mol. The number of hydroxylamine groups is 4. The molecule has 0 aliphatic carbocycles. The van der Waals surface area contributed by atoms with Crippen LogP contribution in [-0.2, 0) is 172 Å². The van der Waals surface area contributed by atoms with Gasteiger partial charge in [0, 0.05) is 170 Å². The lowest BCUT2D eigenvalue weighted by atomic mass is 9.94. The van der Waals surface area contributed by atoms with E-state index in [1.807, 2.05) is 0 Å². The number of amides is 11. The van der Waals surface area contributed by atoms with Crippen LogP contribution in [0, 0.1) is 11.8 Å². The average Bonchev–Trinajstić information content (AvgIpc) is 0.861. The number of carbonyl (C=O) groups excluding carboxylic acids is 20. The van der Waals surface area contributed by atoms with Gasteiger partial charge in [-0.05, 0) is 72.6 Å². The molecule has 0 aliphatic heterocycles. The molecule has 0 spiro atoms. The number of nitrogens with two attached hydrogens (primary N) is 1. The Hall–Kier alpha value is -9.25. The molecule has 52 heteroatoms. The van der Waals surface area contributed by atoms with Crippen LogP contribution in [0.3, 0.4) is 0 Å². The summed E-state index contributed by atoms with van der Waals surface area (Å²) < 4.78 is 65.1. The molecule has 0 heterocycles. The number of hydrogen-bond donors (Lipinski definition) is 16. The Bertz CT molecular complexity index is 3580. The van der Waals surface area contributed by atoms with Crippen LogP contribution in [0.1, 0.15) is 130 Å². The van der Waals surface area contributed by atoms with Crippen molar-refractivity contribution in [3.05, 3.63) is 0 Å². The maximum Gasteiger partial charge on any atom is 0.248 e. The highest BCUT2D eigenvalue weighted by atomic mass is 32.1. The summed E-state index contributed by atoms with van der Waals surface area (Å²) >= 11 is 4.11. The fraction of sp³-hybridized carbons (Fsp3) is 0.765. The standard InChI is InChI=1S/C85H147N15O36S/c1-9-121-45-61(102)21-24-66(95-78(113)54-134-88-6)72(107)16-13-28-125-32-36-129-48-60(101)20-19-58(40-64(105)50-130-37-35-128-31-27-91-83(118)59(41-65(106)49-124-12-4)42-92-76(111)53-133-87-5)82(117)94-44-70(85(120)100-71(57-137)81(86)116)99-84(119)69(98-77(112)52-132-39-34-127-30-15-18-74(109)68(97-80(115)56-136-90-8)26-23-63(104)47-123-11-3)43-93-75(110)51-131-38-33-126-29-14-17-73(108)67(96-79(114)55-135-89-7)25-22-62(103)46-122-10-2/h58-59,66-71,87-90,137H,9-57H2,1-8H3,(H2,86,116)(H,91,118)(H,92,111)(H,93,110)(H,94,117)(H,95,113)(H,96,114)(H,97,115)(H,98,112)(H,99,119)(H,100,120). The van der Waals surface area contributed by atoms with Gasteiger partial charge in [0.25, 0.3) is 0 Å². The molecule has 16 N–H and O–H groups in total. The summed E-state index contributed by atoms with van der Waals surface area (Å²) in [5.74, 6) is -15.5. The molecule has 784 valence electrons. The molecule has 8 unspecified atom stereocenters. The zero-order valence-corrected chi connectivity index (χ0v) is 80.9. The molecule has 11 amide bonds. The number of rotatable bonds is 96. The maximum absolute atomic E-state index is 14.6. The molecule has 0 saturated carbocycles. The summed E-state index contributed by atoms with van der Waals surface area (Å²) in [7, 11) is 5.78. The third kappa shape index (κ3) is 70.1. The van der Waals surface area contributed by atoms with Crippen LogP contribution in [0.5, 0.6) is 0 Å². The van der Waals surface area contributed by atoms with Crippen molar-refractivity contribution < 1.29 is 172 Å². The van der Waals surface area contributed by atoms with Crippen molar-refractivity contribution in [1.29, 1.82) is 0 Å². The van der Waals surface area contributed by atoms with E-state index in [0.717, 1.165) is 0 Å². The second-order valence-electron chi connectivity index (χ2n) is 29.9. The number of nitrogens with one attached hydrogen (secondary N) is 14. The Morgan fingerprint density at radius 3 is 0.949 bits per heavy atom. The van der Waals surface area contributed by atoms with Crippen molar-refractivity contribution in [3.8, 4) is 0 Å². The highest BCUT2D eigenvalue weighted by Gasteiger charge is 2.34. The Balaban J connectivity index is 6.92. The van der Waals surface area contributed by atoms with Crippen LogP contribution < -0.4 is 80.8 Å². The molecule has 0 bridgehead atoms. The predicted molar refractivity (Wildman–Crippen MR) is 485 cm³/mol. The normalized spacial score (nSPS) is 12.9. The smallest absolute Gasteiger partial charge is 0.248 e. The van der Waals surface area contributed by atoms with E-state index in [-0.39, 0.29) is 269 Å². The number of thiol groups is 1. The first-order valence-electron chi connectivity index (χ1n) is 45.4. The number of ketones is 9. The SMILES string of the molecule is CCOCC(=O)CCC(NC(=O)CONC)C(=O)CCCOCCOCC(=O)CCC(CC(=O)COCCOCCNC(=O)C(CNC(=O)CONC)CC(=O)COCC)C(=O)NCC(NC(=O)C(CNC(=O)COCCOCCCC(=O)C(CCC(=O)COCC)NC(=O)CONC)NC(=O)COCCOCCCC(=O)C(CCC(=O)COCC)NC(=O)CONC)C(=O)NC(CS)C(N)=O. The van der Waals surface area contributed by atoms with E-state index >= 15 is 0 Å². The molecule has 0 aromatic carbocycles. The quantitative estimate of drug-likeness (QED) is 0.0153. The molecule has 0 rings (SSSR count). The van der Waals surface area contributed by atoms with Crippen molar-refractivity contribution in [2.75, 3.05) is 245 Å². The number of Topliss-reactive ketones (excluding diaryl/α,β-unsaturated/α-hetero) is 9. The average molecular weight is 1990 g/mol. The van der Waals surface area contributed by atoms with Gasteiger partial charge in [-0.3, -0.25) is 115 Å². The van der Waals surface area contributed by atoms with E-state index in [2.05, 4.69) is 87.7 Å². The molecule has 0 radical (unpaired) electrons. The molecule has 0 aromatic rings. The molecule has 0 aromatic heterocycles. The summed E-state index contributed by atoms with van der Waals surface area (Å²) in [4.78, 5) is 282. The molecular formula is C85H147N15O36S. The van der Waals surface area contributed by atoms with Gasteiger partial charge in [-0.15, -0.1) is 0 Å². The first-order valence-corrected chi connectivity index (χ1v) is 46.0. The van der Waals surface area contributed by atoms with E-state index in [1.54, 1.807) is 27.7 Å². The van der Waals surface area contributed by atoms with Gasteiger partial charge >= 0.3 is 0 Å². The molecule has 0 aliphatic rings. The van der Waals surface area contributed by atoms with Gasteiger partial charge in [-0.25, -0.2) is 21.9 Å². The van der Waals surface area contributed by atoms with E-state index in [9.17, 15) is 95.9 Å². The van der Waals surface area contributed by atoms with Crippen molar-refractivity contribution in [3.63, 3.8) is 0 Å². The van der Waals surface area contributed by atoms with Crippen molar-refractivity contribution in [1.82, 2.24) is 75.1 Å². The summed E-state index contributed by atoms with van der Waals surface area (Å²) in [6.45, 7) is 0.211. The fourth-order valence-electron chi connectivity index (χ4n) is 11.7. The van der Waals surface area contributed by atoms with Gasteiger partial charge in [0.15, 0.2) is 52.0 Å². The third-order valence-electron chi connectivity index (χ3n) is 18.8. The molecular weight excluding hydrogens is 1840 g/mol. The summed E-state index contributed by atoms with van der Waals surface area (Å²) in [5, 5.41) is 25.0. The van der Waals surface area contributed by atoms with E-state index in [1.165, 1.54) is 28.2 Å². The van der Waals surface area contributed by atoms with Crippen molar-refractivity contribution in [2.24, 2.45) is 17.6 Å². The zero-order valence-electron chi connectivity index (χ0n) is 80.0. The summed E-state index contributed by atoms with van der Waals surface area (Å²) in [6.07, 6.45) is -1.33. The Morgan fingerprint density at radius 1 is 0.263 bits per heavy atom. The van der Waals surface area contributed by atoms with Crippen LogP contribution in [0.4, 0.5) is 0 Å². The van der Waals surface area contributed by atoms with Gasteiger partial charge < -0.3 is 116 Å². The van der Waals surface area contributed by atoms with Crippen molar-refractivity contribution in [2.45, 2.75) is 167 Å². The van der Waals surface area contributed by atoms with Gasteiger partial charge in [0.2, 0.25) is 65.0 Å². The lowest BCUT2D eigenvalue weighted by molar-refractivity contribution is -0.135. The molecule has 137 heavy (non-hydrogen) atoms. The second kappa shape index (κ2) is 84.8. The van der Waals surface area contributed by atoms with Crippen LogP contribution in [0.15, 0.2) is 0 Å². The first kappa shape index (κ1) is 128. The fourth-order valence-corrected chi connectivity index (χ4v) is 12.0. The minimum Gasteiger partial charge on any atom is -0.379 e. The van der Waals surface area contributed by atoms with Crippen LogP contribution in [-0.4, -0.2) is 398 Å². The third-order valence-corrected chi connectivity index (χ3v) is 19.2. The van der Waals surface area contributed by atoms with E-state index in [0.29, 0.717) is 19.8 Å². The lowest BCUT2D eigenvalue weighted by Gasteiger charge is -2.25. The van der Waals surface area contributed by atoms with Gasteiger partial charge in [-0.1, -0.05) is 0 Å². The Labute approximate surface area is 802 Å². The largest absolute Gasteiger partial charge is 0.379 e. The molecule has 51 nitrogen and oxygen atoms in total. The predicted octanol–water partition coefficient (Wildman–Crippen LogP) is -6.75. The minimum atomic E-state index is -1.89. The Kier molecular flexibility index (Phi) is 79.1. The Morgan fingerprint density at radius 2 is 0.555 bits per heavy atom. The first-order chi connectivity index (χ1) is 65.8. The van der Waals surface area contributed by atoms with E-state index < -0.39 is 196 Å². The van der Waals surface area contributed by atoms with Gasteiger partial charge in [-0.2, -0.15) is 12.6 Å². The van der Waals surface area contributed by atoms with Gasteiger partial charge in [0.05, 0.1) is 83.5 Å². The molecule has 0 fully saturated rings. The number of primary amides is 1. The molecule has 8 atom stereocenters. The van der Waals surface area contributed by atoms with Crippen LogP contribution in [0.2, 0.25) is 0 Å². The van der Waals surface area contributed by atoms with Gasteiger partial charge in [0.1, 0.15) is 97.4 Å². The van der Waals surface area contributed by atoms with Crippen LogP contribution >= 0.6 is 12.6 Å². The van der Waals surface area contributed by atoms with Crippen LogP contribution in [0.25, 0.3) is 0 Å². The summed E-state index contributed by atoms with van der Waals surface area (Å²) in [5.41, 5.74) is 15.0. The topological polar surface area (TPSA) is 684 Å². The van der Waals surface area contributed by atoms with E-state index in [4.69, 9.17) is 81.9 Å². The maximum atomic E-state index is 14.6. The lowest BCUT2D eigenvalue weighted by Crippen LogP contribution is -2.61. The minimum absolute atomic E-state index is 0.000324. The van der Waals surface area contributed by atoms with Crippen molar-refractivity contribution >= 4 is 130 Å². The number of ether oxygens (including phenoxy) is 12. The highest BCUT2D eigenvalue weighted by Crippen LogP contribution is 2.16. The zero-order chi connectivity index (χ0) is 102. The summed E-state index contributed by atoms with van der Waals surface area (Å²) in [6, 6.07) is -8.22. The highest BCUT2D eigenvalue weighted by molar-refractivity contribution is 7.80. The number of carbonyl (C=O) groups is 20. The second-order valence-corrected chi connectivity index (χ2v) is 30.3.